The number of carbonyl (C=O) groups is 1. The number of nitro groups is 1. The van der Waals surface area contributed by atoms with Gasteiger partial charge in [0, 0.05) is 34.5 Å². The van der Waals surface area contributed by atoms with Crippen molar-refractivity contribution >= 4 is 17.5 Å². The number of ketones is 1. The zero-order valence-electron chi connectivity index (χ0n) is 18.1. The number of para-hydroxylation sites is 1. The molecule has 3 aromatic carbocycles. The molecule has 33 heavy (non-hydrogen) atoms. The van der Waals surface area contributed by atoms with Crippen molar-refractivity contribution < 1.29 is 14.5 Å². The molecule has 0 aliphatic carbocycles. The molecule has 0 unspecified atom stereocenters. The third kappa shape index (κ3) is 4.72. The van der Waals surface area contributed by atoms with Gasteiger partial charge < -0.3 is 4.74 Å². The molecule has 0 radical (unpaired) electrons. The Morgan fingerprint density at radius 2 is 1.79 bits per heavy atom. The number of rotatable bonds is 7. The number of hydrogen-bond acceptors (Lipinski definition) is 5. The van der Waals surface area contributed by atoms with E-state index in [2.05, 4.69) is 0 Å². The van der Waals surface area contributed by atoms with Crippen LogP contribution in [0.5, 0.6) is 5.75 Å². The second-order valence-electron chi connectivity index (χ2n) is 7.40. The zero-order chi connectivity index (χ0) is 23.4. The minimum absolute atomic E-state index is 0.0786. The number of nitrogens with zero attached hydrogens (tertiary/aromatic N) is 3. The summed E-state index contributed by atoms with van der Waals surface area (Å²) < 4.78 is 6.99. The van der Waals surface area contributed by atoms with Crippen LogP contribution in [0.1, 0.15) is 21.5 Å². The summed E-state index contributed by atoms with van der Waals surface area (Å²) in [4.78, 5) is 23.5. The van der Waals surface area contributed by atoms with Crippen molar-refractivity contribution in [2.45, 2.75) is 6.92 Å². The summed E-state index contributed by atoms with van der Waals surface area (Å²) in [6.45, 7) is 1.64. The molecule has 0 amide bonds. The average molecular weight is 439 g/mol. The van der Waals surface area contributed by atoms with Gasteiger partial charge in [-0.05, 0) is 55.5 Å². The molecule has 7 nitrogen and oxygen atoms in total. The highest BCUT2D eigenvalue weighted by atomic mass is 16.6. The topological polar surface area (TPSA) is 87.3 Å². The Bertz CT molecular complexity index is 1340. The largest absolute Gasteiger partial charge is 0.497 e. The molecule has 4 aromatic rings. The fourth-order valence-electron chi connectivity index (χ4n) is 3.42. The van der Waals surface area contributed by atoms with Crippen LogP contribution in [0, 0.1) is 17.0 Å². The van der Waals surface area contributed by atoms with Crippen LogP contribution >= 0.6 is 0 Å². The second kappa shape index (κ2) is 9.32. The van der Waals surface area contributed by atoms with E-state index in [0.29, 0.717) is 11.3 Å². The molecule has 0 aliphatic rings. The Morgan fingerprint density at radius 1 is 1.06 bits per heavy atom. The summed E-state index contributed by atoms with van der Waals surface area (Å²) in [5.41, 5.74) is 3.86. The summed E-state index contributed by atoms with van der Waals surface area (Å²) in [6, 6.07) is 21.6. The quantitative estimate of drug-likeness (QED) is 0.160. The van der Waals surface area contributed by atoms with E-state index in [0.717, 1.165) is 22.6 Å². The number of nitro benzene ring substituents is 1. The Hall–Kier alpha value is -4.52. The zero-order valence-corrected chi connectivity index (χ0v) is 18.1. The number of ether oxygens (including phenoxy) is 1. The van der Waals surface area contributed by atoms with Gasteiger partial charge in [-0.25, -0.2) is 4.68 Å². The van der Waals surface area contributed by atoms with Gasteiger partial charge in [0.1, 0.15) is 5.75 Å². The Labute approximate surface area is 190 Å². The minimum atomic E-state index is -0.485. The summed E-state index contributed by atoms with van der Waals surface area (Å²) >= 11 is 0. The van der Waals surface area contributed by atoms with Crippen LogP contribution in [-0.2, 0) is 0 Å². The van der Waals surface area contributed by atoms with Gasteiger partial charge in [0.05, 0.1) is 23.4 Å². The van der Waals surface area contributed by atoms with Gasteiger partial charge in [-0.15, -0.1) is 0 Å². The van der Waals surface area contributed by atoms with Gasteiger partial charge in [-0.2, -0.15) is 5.10 Å². The summed E-state index contributed by atoms with van der Waals surface area (Å²) in [5, 5.41) is 15.9. The van der Waals surface area contributed by atoms with Crippen LogP contribution in [0.4, 0.5) is 5.69 Å². The van der Waals surface area contributed by atoms with Gasteiger partial charge in [-0.1, -0.05) is 30.3 Å². The Kier molecular flexibility index (Phi) is 6.13. The molecule has 0 fully saturated rings. The number of aryl methyl sites for hydroxylation is 1. The molecular formula is C26H21N3O4. The first-order valence-electron chi connectivity index (χ1n) is 10.2. The van der Waals surface area contributed by atoms with E-state index in [-0.39, 0.29) is 17.0 Å². The number of aromatic nitrogens is 2. The van der Waals surface area contributed by atoms with Crippen molar-refractivity contribution in [3.63, 3.8) is 0 Å². The van der Waals surface area contributed by atoms with Crippen LogP contribution < -0.4 is 4.74 Å². The molecule has 0 atom stereocenters. The molecule has 7 heteroatoms. The highest BCUT2D eigenvalue weighted by molar-refractivity contribution is 6.07. The van der Waals surface area contributed by atoms with Gasteiger partial charge in [0.2, 0.25) is 0 Å². The minimum Gasteiger partial charge on any atom is -0.497 e. The molecular weight excluding hydrogens is 418 g/mol. The number of benzene rings is 3. The SMILES string of the molecule is COc1ccc(-c2nn(-c3ccccc3)cc2C=CC(=O)c2ccc(C)c([N+](=O)[O-])c2)cc1. The summed E-state index contributed by atoms with van der Waals surface area (Å²) in [5.74, 6) is 0.403. The lowest BCUT2D eigenvalue weighted by Gasteiger charge is -2.03. The molecule has 0 aliphatic heterocycles. The highest BCUT2D eigenvalue weighted by Crippen LogP contribution is 2.27. The van der Waals surface area contributed by atoms with E-state index in [1.807, 2.05) is 60.8 Å². The molecule has 0 saturated carbocycles. The second-order valence-corrected chi connectivity index (χ2v) is 7.40. The van der Waals surface area contributed by atoms with E-state index in [1.54, 1.807) is 36.9 Å². The van der Waals surface area contributed by atoms with E-state index in [4.69, 9.17) is 9.84 Å². The number of carbonyl (C=O) groups excluding carboxylic acids is 1. The standard InChI is InChI=1S/C26H21N3O4/c1-18-8-9-20(16-24(18)29(31)32)25(30)15-12-21-17-28(22-6-4-3-5-7-22)27-26(21)19-10-13-23(33-2)14-11-19/h3-17H,1-2H3. The molecule has 1 heterocycles. The smallest absolute Gasteiger partial charge is 0.273 e. The number of methoxy groups -OCH3 is 1. The Balaban J connectivity index is 1.72. The third-order valence-electron chi connectivity index (χ3n) is 5.23. The molecule has 0 spiro atoms. The van der Waals surface area contributed by atoms with E-state index in [1.165, 1.54) is 12.1 Å². The lowest BCUT2D eigenvalue weighted by Crippen LogP contribution is -1.98. The predicted molar refractivity (Wildman–Crippen MR) is 127 cm³/mol. The van der Waals surface area contributed by atoms with Crippen LogP contribution in [0.15, 0.2) is 85.1 Å². The molecule has 0 N–H and O–H groups in total. The predicted octanol–water partition coefficient (Wildman–Crippen LogP) is 5.66. The lowest BCUT2D eigenvalue weighted by atomic mass is 10.0. The third-order valence-corrected chi connectivity index (χ3v) is 5.23. The summed E-state index contributed by atoms with van der Waals surface area (Å²) in [7, 11) is 1.61. The van der Waals surface area contributed by atoms with Crippen molar-refractivity contribution in [1.82, 2.24) is 9.78 Å². The highest BCUT2D eigenvalue weighted by Gasteiger charge is 2.15. The molecule has 0 saturated heterocycles. The first-order chi connectivity index (χ1) is 16.0. The average Bonchev–Trinajstić information content (AvgIpc) is 3.27. The van der Waals surface area contributed by atoms with Crippen molar-refractivity contribution in [2.75, 3.05) is 7.11 Å². The van der Waals surface area contributed by atoms with Crippen LogP contribution in [0.25, 0.3) is 23.0 Å². The molecule has 4 rings (SSSR count). The maximum atomic E-state index is 12.8. The van der Waals surface area contributed by atoms with Gasteiger partial charge in [0.15, 0.2) is 5.78 Å². The van der Waals surface area contributed by atoms with Crippen LogP contribution in [0.2, 0.25) is 0 Å². The lowest BCUT2D eigenvalue weighted by molar-refractivity contribution is -0.385. The van der Waals surface area contributed by atoms with E-state index >= 15 is 0 Å². The normalized spacial score (nSPS) is 11.0. The summed E-state index contributed by atoms with van der Waals surface area (Å²) in [6.07, 6.45) is 4.93. The first kappa shape index (κ1) is 21.7. The monoisotopic (exact) mass is 439 g/mol. The fourth-order valence-corrected chi connectivity index (χ4v) is 3.42. The van der Waals surface area contributed by atoms with Crippen molar-refractivity contribution in [1.29, 1.82) is 0 Å². The fraction of sp³-hybridized carbons (Fsp3) is 0.0769. The van der Waals surface area contributed by atoms with E-state index in [9.17, 15) is 14.9 Å². The number of hydrogen-bond donors (Lipinski definition) is 0. The van der Waals surface area contributed by atoms with Crippen LogP contribution in [0.3, 0.4) is 0 Å². The molecule has 0 bridgehead atoms. The first-order valence-corrected chi connectivity index (χ1v) is 10.2. The Morgan fingerprint density at radius 3 is 2.45 bits per heavy atom. The molecule has 164 valence electrons. The number of allylic oxidation sites excluding steroid dienone is 1. The van der Waals surface area contributed by atoms with Crippen molar-refractivity contribution in [2.24, 2.45) is 0 Å². The van der Waals surface area contributed by atoms with Gasteiger partial charge >= 0.3 is 0 Å². The van der Waals surface area contributed by atoms with Gasteiger partial charge in [-0.3, -0.25) is 14.9 Å². The van der Waals surface area contributed by atoms with Crippen molar-refractivity contribution in [3.05, 3.63) is 112 Å². The van der Waals surface area contributed by atoms with Crippen molar-refractivity contribution in [3.8, 4) is 22.7 Å². The van der Waals surface area contributed by atoms with Gasteiger partial charge in [0.25, 0.3) is 5.69 Å². The maximum absolute atomic E-state index is 12.8. The van der Waals surface area contributed by atoms with E-state index < -0.39 is 4.92 Å². The van der Waals surface area contributed by atoms with Crippen LogP contribution in [-0.4, -0.2) is 27.6 Å². The maximum Gasteiger partial charge on any atom is 0.273 e. The molecule has 1 aromatic heterocycles.